The molecule has 3 aromatic rings. The molecule has 4 rings (SSSR count). The first-order valence-corrected chi connectivity index (χ1v) is 10.0. The molecule has 1 aromatic heterocycles. The van der Waals surface area contributed by atoms with Gasteiger partial charge in [-0.05, 0) is 31.2 Å². The molecule has 0 fully saturated rings. The number of nitrogens with two attached hydrogens (primary N) is 1. The summed E-state index contributed by atoms with van der Waals surface area (Å²) in [6.07, 6.45) is 1.26. The van der Waals surface area contributed by atoms with Gasteiger partial charge in [-0.15, -0.1) is 4.83 Å². The molecule has 0 atom stereocenters. The highest BCUT2D eigenvalue weighted by Gasteiger charge is 2.17. The van der Waals surface area contributed by atoms with Crippen molar-refractivity contribution in [1.29, 1.82) is 0 Å². The van der Waals surface area contributed by atoms with Crippen LogP contribution in [0.4, 0.5) is 23.0 Å². The fourth-order valence-electron chi connectivity index (χ4n) is 2.60. The second-order valence-electron chi connectivity index (χ2n) is 6.22. The summed E-state index contributed by atoms with van der Waals surface area (Å²) in [4.78, 5) is 10.5. The van der Waals surface area contributed by atoms with Gasteiger partial charge in [0.25, 0.3) is 10.0 Å². The fourth-order valence-corrected chi connectivity index (χ4v) is 3.44. The maximum absolute atomic E-state index is 12.4. The van der Waals surface area contributed by atoms with Crippen LogP contribution in [-0.2, 0) is 10.0 Å². The third-order valence-electron chi connectivity index (χ3n) is 4.15. The van der Waals surface area contributed by atoms with E-state index in [4.69, 9.17) is 15.2 Å². The molecule has 150 valence electrons. The lowest BCUT2D eigenvalue weighted by Gasteiger charge is -2.13. The average Bonchev–Trinajstić information content (AvgIpc) is 3.17. The van der Waals surface area contributed by atoms with E-state index in [0.29, 0.717) is 23.0 Å². The molecule has 0 aliphatic carbocycles. The van der Waals surface area contributed by atoms with Crippen LogP contribution >= 0.6 is 0 Å². The van der Waals surface area contributed by atoms with Gasteiger partial charge in [0.1, 0.15) is 12.0 Å². The number of hydrazine groups is 1. The molecular formula is C18H18N6O4S. The molecule has 0 saturated heterocycles. The largest absolute Gasteiger partial charge is 0.454 e. The maximum Gasteiger partial charge on any atom is 0.257 e. The highest BCUT2D eigenvalue weighted by atomic mass is 32.2. The zero-order valence-corrected chi connectivity index (χ0v) is 16.2. The van der Waals surface area contributed by atoms with Gasteiger partial charge in [0, 0.05) is 11.8 Å². The Bertz CT molecular complexity index is 1150. The minimum atomic E-state index is -3.80. The van der Waals surface area contributed by atoms with Gasteiger partial charge in [0.2, 0.25) is 6.79 Å². The van der Waals surface area contributed by atoms with Crippen molar-refractivity contribution in [1.82, 2.24) is 14.8 Å². The molecule has 0 radical (unpaired) electrons. The lowest BCUT2D eigenvalue weighted by atomic mass is 10.2. The van der Waals surface area contributed by atoms with Crippen molar-refractivity contribution in [3.63, 3.8) is 0 Å². The average molecular weight is 414 g/mol. The molecule has 1 aliphatic heterocycles. The van der Waals surface area contributed by atoms with Gasteiger partial charge >= 0.3 is 0 Å². The Morgan fingerprint density at radius 2 is 1.72 bits per heavy atom. The minimum absolute atomic E-state index is 0.110. The number of ether oxygens (including phenoxy) is 2. The van der Waals surface area contributed by atoms with Crippen LogP contribution in [-0.4, -0.2) is 25.2 Å². The summed E-state index contributed by atoms with van der Waals surface area (Å²) in [6.45, 7) is 2.04. The molecule has 0 saturated carbocycles. The van der Waals surface area contributed by atoms with Crippen LogP contribution in [0.3, 0.4) is 0 Å². The van der Waals surface area contributed by atoms with Gasteiger partial charge in [-0.25, -0.2) is 18.4 Å². The van der Waals surface area contributed by atoms with E-state index < -0.39 is 10.0 Å². The molecule has 11 heteroatoms. The second-order valence-corrected chi connectivity index (χ2v) is 7.90. The van der Waals surface area contributed by atoms with Crippen LogP contribution in [0.2, 0.25) is 0 Å². The molecule has 2 aromatic carbocycles. The number of aromatic nitrogens is 2. The zero-order chi connectivity index (χ0) is 20.4. The van der Waals surface area contributed by atoms with E-state index in [9.17, 15) is 8.42 Å². The Morgan fingerprint density at radius 3 is 2.52 bits per heavy atom. The predicted molar refractivity (Wildman–Crippen MR) is 107 cm³/mol. The van der Waals surface area contributed by atoms with Gasteiger partial charge < -0.3 is 20.5 Å². The molecule has 0 unspecified atom stereocenters. The molecule has 1 aliphatic rings. The van der Waals surface area contributed by atoms with Crippen LogP contribution in [0.5, 0.6) is 11.5 Å². The maximum atomic E-state index is 12.4. The van der Waals surface area contributed by atoms with Crippen molar-refractivity contribution >= 4 is 33.0 Å². The molecule has 2 heterocycles. The van der Waals surface area contributed by atoms with Gasteiger partial charge in [-0.3, -0.25) is 5.43 Å². The first kappa shape index (κ1) is 18.8. The smallest absolute Gasteiger partial charge is 0.257 e. The number of nitrogens with zero attached hydrogens (tertiary/aromatic N) is 2. The summed E-state index contributed by atoms with van der Waals surface area (Å²) in [5.74, 6) is 1.67. The molecule has 0 amide bonds. The van der Waals surface area contributed by atoms with E-state index in [1.807, 2.05) is 6.92 Å². The summed E-state index contributed by atoms with van der Waals surface area (Å²) in [7, 11) is -3.80. The number of fused-ring (bicyclic) bond motifs is 1. The van der Waals surface area contributed by atoms with Crippen molar-refractivity contribution in [2.75, 3.05) is 23.3 Å². The Balaban J connectivity index is 1.50. The lowest BCUT2D eigenvalue weighted by molar-refractivity contribution is 0.174. The number of hydrogen-bond acceptors (Lipinski definition) is 9. The number of anilines is 4. The first-order chi connectivity index (χ1) is 13.9. The SMILES string of the molecule is Cc1ccc(S(=O)(=O)NNc2ncnc(Nc3ccc4c(c3)OCO4)c2N)cc1. The molecule has 0 bridgehead atoms. The minimum Gasteiger partial charge on any atom is -0.454 e. The Morgan fingerprint density at radius 1 is 1.00 bits per heavy atom. The van der Waals surface area contributed by atoms with Crippen molar-refractivity contribution in [3.8, 4) is 11.5 Å². The standard InChI is InChI=1S/C18H18N6O4S/c1-11-2-5-13(6-3-11)29(25,26)24-23-18-16(19)17(20-9-21-18)22-12-4-7-14-15(8-12)28-10-27-14/h2-9,24H,10,19H2,1H3,(H2,20,21,22,23). The topological polar surface area (TPSA) is 140 Å². The van der Waals surface area contributed by atoms with Crippen LogP contribution in [0.1, 0.15) is 5.56 Å². The number of rotatable bonds is 6. The lowest BCUT2D eigenvalue weighted by Crippen LogP contribution is -2.30. The van der Waals surface area contributed by atoms with Gasteiger partial charge in [-0.2, -0.15) is 0 Å². The number of nitrogens with one attached hydrogen (secondary N) is 3. The summed E-state index contributed by atoms with van der Waals surface area (Å²) in [5, 5.41) is 3.05. The molecule has 5 N–H and O–H groups in total. The Kier molecular flexibility index (Phi) is 4.82. The quantitative estimate of drug-likeness (QED) is 0.446. The normalized spacial score (nSPS) is 12.6. The van der Waals surface area contributed by atoms with Crippen LogP contribution in [0, 0.1) is 6.92 Å². The number of aryl methyl sites for hydroxylation is 1. The first-order valence-electron chi connectivity index (χ1n) is 8.54. The molecule has 29 heavy (non-hydrogen) atoms. The van der Waals surface area contributed by atoms with E-state index in [1.165, 1.54) is 18.5 Å². The van der Waals surface area contributed by atoms with E-state index in [1.54, 1.807) is 30.3 Å². The monoisotopic (exact) mass is 414 g/mol. The van der Waals surface area contributed by atoms with Crippen molar-refractivity contribution in [2.24, 2.45) is 0 Å². The van der Waals surface area contributed by atoms with E-state index in [0.717, 1.165) is 5.56 Å². The summed E-state index contributed by atoms with van der Waals surface area (Å²) < 4.78 is 35.4. The number of nitrogen functional groups attached to an aromatic ring is 1. The highest BCUT2D eigenvalue weighted by molar-refractivity contribution is 7.89. The van der Waals surface area contributed by atoms with E-state index in [-0.39, 0.29) is 23.2 Å². The van der Waals surface area contributed by atoms with Crippen LogP contribution < -0.4 is 30.8 Å². The summed E-state index contributed by atoms with van der Waals surface area (Å²) in [6, 6.07) is 11.7. The summed E-state index contributed by atoms with van der Waals surface area (Å²) >= 11 is 0. The van der Waals surface area contributed by atoms with E-state index in [2.05, 4.69) is 25.5 Å². The third-order valence-corrected chi connectivity index (χ3v) is 5.42. The van der Waals surface area contributed by atoms with Gasteiger partial charge in [0.05, 0.1) is 4.90 Å². The fraction of sp³-hybridized carbons (Fsp3) is 0.111. The molecule has 10 nitrogen and oxygen atoms in total. The predicted octanol–water partition coefficient (Wildman–Crippen LogP) is 2.14. The number of sulfonamides is 1. The highest BCUT2D eigenvalue weighted by Crippen LogP contribution is 2.35. The summed E-state index contributed by atoms with van der Waals surface area (Å²) in [5.41, 5.74) is 10.4. The number of hydrogen-bond donors (Lipinski definition) is 4. The molecular weight excluding hydrogens is 396 g/mol. The van der Waals surface area contributed by atoms with Crippen LogP contribution in [0.25, 0.3) is 0 Å². The van der Waals surface area contributed by atoms with E-state index >= 15 is 0 Å². The Hall–Kier alpha value is -3.57. The van der Waals surface area contributed by atoms with Crippen molar-refractivity contribution in [2.45, 2.75) is 11.8 Å². The van der Waals surface area contributed by atoms with Crippen molar-refractivity contribution in [3.05, 3.63) is 54.4 Å². The van der Waals surface area contributed by atoms with Gasteiger partial charge in [0.15, 0.2) is 23.1 Å². The Labute approximate surface area is 167 Å². The van der Waals surface area contributed by atoms with Gasteiger partial charge in [-0.1, -0.05) is 17.7 Å². The third kappa shape index (κ3) is 4.00. The number of benzene rings is 2. The molecule has 0 spiro atoms. The van der Waals surface area contributed by atoms with Crippen molar-refractivity contribution < 1.29 is 17.9 Å². The van der Waals surface area contributed by atoms with Crippen LogP contribution in [0.15, 0.2) is 53.7 Å². The second kappa shape index (κ2) is 7.45. The zero-order valence-electron chi connectivity index (χ0n) is 15.3.